The molecule has 28 heteroatoms. The number of carbonyl (C=O) groups excluding carboxylic acids is 3. The number of aromatic nitrogens is 1. The number of hydrogen-bond acceptors (Lipinski definition) is 18. The van der Waals surface area contributed by atoms with Crippen LogP contribution in [-0.2, 0) is 48.1 Å². The first-order valence-corrected chi connectivity index (χ1v) is 46.9. The number of carboxylic acid groups (broad SMARTS) is 4. The van der Waals surface area contributed by atoms with Crippen molar-refractivity contribution in [3.05, 3.63) is 276 Å². The van der Waals surface area contributed by atoms with Gasteiger partial charge >= 0.3 is 29.9 Å². The Kier molecular flexibility index (Phi) is 28.7. The Morgan fingerprint density at radius 1 is 0.353 bits per heavy atom. The smallest absolute Gasteiger partial charge is 0.337 e. The van der Waals surface area contributed by atoms with Crippen LogP contribution in [0, 0.1) is 90.0 Å². The number of rotatable bonds is 16. The number of amides is 4. The first-order chi connectivity index (χ1) is 64.9. The first kappa shape index (κ1) is 102. The molecule has 0 aliphatic carbocycles. The van der Waals surface area contributed by atoms with Crippen molar-refractivity contribution in [1.82, 2.24) is 4.98 Å². The Morgan fingerprint density at radius 2 is 0.698 bits per heavy atom. The molecule has 12 aromatic rings. The van der Waals surface area contributed by atoms with Crippen LogP contribution in [0.15, 0.2) is 175 Å². The van der Waals surface area contributed by atoms with Crippen molar-refractivity contribution in [2.75, 3.05) is 37.5 Å². The quantitative estimate of drug-likeness (QED) is 0.0400. The molecule has 4 amide bonds. The van der Waals surface area contributed by atoms with Gasteiger partial charge in [-0.2, -0.15) is 0 Å². The summed E-state index contributed by atoms with van der Waals surface area (Å²) in [4.78, 5) is 93.6. The topological polar surface area (TPSA) is 415 Å². The van der Waals surface area contributed by atoms with Crippen molar-refractivity contribution in [2.45, 2.75) is 225 Å². The lowest BCUT2D eigenvalue weighted by Crippen LogP contribution is -2.29. The molecule has 0 radical (unpaired) electrons. The van der Waals surface area contributed by atoms with E-state index in [1.807, 2.05) is 226 Å². The van der Waals surface area contributed by atoms with Crippen molar-refractivity contribution in [1.29, 1.82) is 0 Å². The number of fused-ring (bicyclic) bond motifs is 10. The van der Waals surface area contributed by atoms with E-state index in [9.17, 15) is 62.4 Å². The van der Waals surface area contributed by atoms with Crippen molar-refractivity contribution < 1.29 is 90.8 Å². The Bertz CT molecular complexity index is 6890. The lowest BCUT2D eigenvalue weighted by Gasteiger charge is -2.33. The van der Waals surface area contributed by atoms with Gasteiger partial charge in [0.1, 0.15) is 11.3 Å². The van der Waals surface area contributed by atoms with Gasteiger partial charge in [0, 0.05) is 61.3 Å². The number of carboxylic acids is 4. The molecule has 4 atom stereocenters. The van der Waals surface area contributed by atoms with Crippen LogP contribution in [0.5, 0.6) is 23.1 Å². The van der Waals surface area contributed by atoms with E-state index in [0.717, 1.165) is 89.0 Å². The van der Waals surface area contributed by atoms with Crippen molar-refractivity contribution >= 4 is 91.6 Å². The second-order valence-electron chi connectivity index (χ2n) is 39.5. The number of aliphatic carboxylic acids is 4. The number of aryl methyl sites for hydroxylation is 5. The van der Waals surface area contributed by atoms with Gasteiger partial charge in [0.15, 0.2) is 35.9 Å². The molecule has 13 N–H and O–H groups in total. The fourth-order valence-corrected chi connectivity index (χ4v) is 19.4. The van der Waals surface area contributed by atoms with Gasteiger partial charge in [0.2, 0.25) is 5.88 Å². The highest BCUT2D eigenvalue weighted by Gasteiger charge is 2.43. The third-order valence-corrected chi connectivity index (χ3v) is 25.5. The minimum atomic E-state index is -3.81. The number of nitrogens with zero attached hydrogens (tertiary/aromatic N) is 1. The van der Waals surface area contributed by atoms with E-state index in [-0.39, 0.29) is 28.3 Å². The molecule has 0 bridgehead atoms. The summed E-state index contributed by atoms with van der Waals surface area (Å²) in [5.74, 6) is -3.94. The maximum atomic E-state index is 13.1. The molecule has 0 spiro atoms. The third-order valence-electron chi connectivity index (χ3n) is 24.1. The third kappa shape index (κ3) is 21.6. The van der Waals surface area contributed by atoms with Crippen LogP contribution in [0.3, 0.4) is 0 Å². The first-order valence-electron chi connectivity index (χ1n) is 45.5. The number of ether oxygens (including phenoxy) is 6. The second-order valence-corrected chi connectivity index (χ2v) is 41.2. The summed E-state index contributed by atoms with van der Waals surface area (Å²) < 4.78 is 65.6. The van der Waals surface area contributed by atoms with Crippen LogP contribution in [0.1, 0.15) is 223 Å². The molecule has 16 rings (SSSR count). The van der Waals surface area contributed by atoms with E-state index < -0.39 is 86.6 Å². The standard InChI is InChI=1S/C29H32N2O4.C28H30N2O5.C27H29N3O5.C27H29NO5S/c1-15-8-11-19(12-9-15)22-17(3)23-20-13-10-16(2)14-21(20)30-28(34)31-25(23)18(4)24(22)26(27(32)33)35-29(5,6)7;1-14-7-9-17(10-8-14)21-16(3)24-23(15(2)22(21)25(27(32)33)35-28(4,5)6)30-26(31)19-13-18(29)11-12-20(19)34-24;1-13-7-9-16(10-8-13)19-15(3)22-21(14(2)20(19)23(26(32)33)35-27(4,5)6)30-24(31)18-11-17(28)12-29-25(18)34-22;1-15-11-13-18(14-12-15)21-16(2)22-19-9-7-8-10-20(19)34(31,32)28-24(22)17(3)23(21)25(26(29)30)33-27(4,5)6/h8-14,26H,1-7H3,(H,32,33)(H2,30,31,34);7-13,25H,29H2,1-6H3,(H,30,31)(H,32,33);7-12,23H,28H2,1-6H3,(H,30,31)(H,32,33);7-14,25,28H,1-6H3,(H,29,30)/t26-;25-;23-;25-/m0000/s1. The molecule has 0 unspecified atom stereocenters. The zero-order valence-corrected chi connectivity index (χ0v) is 83.7. The maximum absolute atomic E-state index is 13.1. The number of urea groups is 1. The van der Waals surface area contributed by atoms with Crippen molar-refractivity contribution in [3.8, 4) is 89.9 Å². The molecule has 4 aliphatic heterocycles. The highest BCUT2D eigenvalue weighted by atomic mass is 32.2. The summed E-state index contributed by atoms with van der Waals surface area (Å²) in [6.45, 7) is 46.4. The normalized spacial score (nSPS) is 14.1. The minimum Gasteiger partial charge on any atom is -0.479 e. The Labute approximate surface area is 810 Å². The number of pyridine rings is 1. The van der Waals surface area contributed by atoms with Gasteiger partial charge in [-0.1, -0.05) is 150 Å². The average Bonchev–Trinajstić information content (AvgIpc) is 1.15. The Balaban J connectivity index is 0.000000156. The van der Waals surface area contributed by atoms with Gasteiger partial charge in [-0.15, -0.1) is 0 Å². The fourth-order valence-electron chi connectivity index (χ4n) is 18.0. The molecule has 0 saturated carbocycles. The summed E-state index contributed by atoms with van der Waals surface area (Å²) in [5, 5.41) is 52.8. The number of nitrogens with two attached hydrogens (primary N) is 2. The Hall–Kier alpha value is -14.6. The number of benzene rings is 11. The lowest BCUT2D eigenvalue weighted by molar-refractivity contribution is -0.161. The molecule has 139 heavy (non-hydrogen) atoms. The van der Waals surface area contributed by atoms with Crippen molar-refractivity contribution in [3.63, 3.8) is 0 Å². The molecule has 27 nitrogen and oxygen atoms in total. The second kappa shape index (κ2) is 39.1. The zero-order valence-electron chi connectivity index (χ0n) is 82.9. The highest BCUT2D eigenvalue weighted by Crippen LogP contribution is 2.56. The fraction of sp³-hybridized carbons (Fsp3) is 0.297. The predicted octanol–water partition coefficient (Wildman–Crippen LogP) is 24.9. The largest absolute Gasteiger partial charge is 0.479 e. The van der Waals surface area contributed by atoms with E-state index >= 15 is 0 Å². The summed E-state index contributed by atoms with van der Waals surface area (Å²) in [6, 6.07) is 50.4. The minimum absolute atomic E-state index is 0.126. The number of hydrogen-bond donors (Lipinski definition) is 11. The molecule has 1 aromatic heterocycles. The number of nitrogen functional groups attached to an aromatic ring is 2. The van der Waals surface area contributed by atoms with E-state index in [4.69, 9.17) is 39.9 Å². The monoisotopic (exact) mass is 1900 g/mol. The van der Waals surface area contributed by atoms with Gasteiger partial charge in [-0.3, -0.25) is 14.3 Å². The SMILES string of the molecule is Cc1ccc(-c2c(C)c3c(c(C)c2[C@H](OC(C)(C)C)C(=O)O)NC(=O)Nc2cc(C)ccc2-3)cc1.Cc1ccc(-c2c(C)c3c(c(C)c2[C@H](OC(C)(C)C)C(=O)O)NC(=O)c2cc(N)ccc2O3)cc1.Cc1ccc(-c2c(C)c3c(c(C)c2[C@H](OC(C)(C)C)C(=O)O)NC(=O)c2cc(N)cnc2O3)cc1.Cc1ccc(-c2c(C)c3c(c(C)c2[C@H](OC(C)(C)C)C(=O)O)NS(=O)(=O)c2ccccc2-3)cc1. The highest BCUT2D eigenvalue weighted by molar-refractivity contribution is 7.93. The molecule has 11 aromatic carbocycles. The maximum Gasteiger partial charge on any atom is 0.337 e. The van der Waals surface area contributed by atoms with E-state index in [0.29, 0.717) is 135 Å². The van der Waals surface area contributed by atoms with Crippen LogP contribution >= 0.6 is 0 Å². The Morgan fingerprint density at radius 3 is 1.09 bits per heavy atom. The van der Waals surface area contributed by atoms with E-state index in [1.54, 1.807) is 105 Å². The molecule has 724 valence electrons. The van der Waals surface area contributed by atoms with Gasteiger partial charge in [-0.25, -0.2) is 37.4 Å². The molecular formula is C111H120N8O19S. The van der Waals surface area contributed by atoms with E-state index in [2.05, 4.69) is 31.0 Å². The van der Waals surface area contributed by atoms with Crippen LogP contribution in [0.2, 0.25) is 0 Å². The van der Waals surface area contributed by atoms with E-state index in [1.165, 1.54) is 12.3 Å². The predicted molar refractivity (Wildman–Crippen MR) is 544 cm³/mol. The zero-order chi connectivity index (χ0) is 102. The molecule has 5 heterocycles. The lowest BCUT2D eigenvalue weighted by atomic mass is 9.82. The van der Waals surface area contributed by atoms with Crippen molar-refractivity contribution in [2.24, 2.45) is 0 Å². The van der Waals surface area contributed by atoms with Gasteiger partial charge in [0.25, 0.3) is 21.8 Å². The molecular weight excluding hydrogens is 1780 g/mol. The van der Waals surface area contributed by atoms with Gasteiger partial charge < -0.3 is 81.6 Å². The van der Waals surface area contributed by atoms with Crippen LogP contribution in [0.4, 0.5) is 44.6 Å². The summed E-state index contributed by atoms with van der Waals surface area (Å²) >= 11 is 0. The number of nitrogens with one attached hydrogen (secondary N) is 5. The van der Waals surface area contributed by atoms with Crippen LogP contribution in [0.25, 0.3) is 66.8 Å². The summed E-state index contributed by atoms with van der Waals surface area (Å²) in [7, 11) is -3.81. The molecule has 4 aliphatic rings. The van der Waals surface area contributed by atoms with Gasteiger partial charge in [-0.05, 0) is 293 Å². The number of carbonyl (C=O) groups is 7. The van der Waals surface area contributed by atoms with Crippen LogP contribution < -0.4 is 46.9 Å². The number of anilines is 7. The summed E-state index contributed by atoms with van der Waals surface area (Å²) in [5.41, 5.74) is 34.6. The van der Waals surface area contributed by atoms with Gasteiger partial charge in [0.05, 0.1) is 73.2 Å². The summed E-state index contributed by atoms with van der Waals surface area (Å²) in [6.07, 6.45) is -3.64. The number of sulfonamides is 1. The average molecular weight is 1900 g/mol. The molecule has 0 saturated heterocycles. The van der Waals surface area contributed by atoms with Crippen LogP contribution in [-0.4, -0.2) is 98.0 Å². The molecule has 0 fully saturated rings.